The Morgan fingerprint density at radius 2 is 1.64 bits per heavy atom. The second-order valence-electron chi connectivity index (χ2n) is 5.83. The summed E-state index contributed by atoms with van der Waals surface area (Å²) in [5.74, 6) is -3.24. The van der Waals surface area contributed by atoms with E-state index in [0.29, 0.717) is 10.5 Å². The predicted molar refractivity (Wildman–Crippen MR) is 84.7 cm³/mol. The fourth-order valence-electron chi connectivity index (χ4n) is 2.84. The maximum Gasteiger partial charge on any atom is 0.325 e. The number of halogens is 2. The first-order valence-electron chi connectivity index (χ1n) is 7.51. The van der Waals surface area contributed by atoms with Gasteiger partial charge in [-0.2, -0.15) is 0 Å². The van der Waals surface area contributed by atoms with Crippen LogP contribution in [0.5, 0.6) is 0 Å². The molecule has 1 unspecified atom stereocenters. The van der Waals surface area contributed by atoms with Gasteiger partial charge < -0.3 is 5.32 Å². The molecular weight excluding hydrogens is 330 g/mol. The summed E-state index contributed by atoms with van der Waals surface area (Å²) >= 11 is 0. The van der Waals surface area contributed by atoms with Crippen molar-refractivity contribution in [1.29, 1.82) is 0 Å². The number of urea groups is 1. The Bertz CT molecular complexity index is 850. The molecule has 1 heterocycles. The molecule has 0 radical (unpaired) electrons. The van der Waals surface area contributed by atoms with Gasteiger partial charge in [0.05, 0.1) is 12.1 Å². The van der Waals surface area contributed by atoms with Gasteiger partial charge in [0.1, 0.15) is 17.2 Å². The van der Waals surface area contributed by atoms with Crippen molar-refractivity contribution in [2.75, 3.05) is 6.54 Å². The number of ketones is 1. The molecule has 5 nitrogen and oxygen atoms in total. The second-order valence-corrected chi connectivity index (χ2v) is 5.83. The average Bonchev–Trinajstić information content (AvgIpc) is 2.79. The van der Waals surface area contributed by atoms with Crippen LogP contribution >= 0.6 is 0 Å². The standard InChI is InChI=1S/C18H14F2N2O3/c1-18(15-12(19)8-5-9-13(15)20)16(24)22(17(25)21-18)10-14(23)11-6-3-2-4-7-11/h2-9H,10H2,1H3,(H,21,25). The highest BCUT2D eigenvalue weighted by Crippen LogP contribution is 2.32. The Morgan fingerprint density at radius 1 is 1.04 bits per heavy atom. The molecule has 25 heavy (non-hydrogen) atoms. The van der Waals surface area contributed by atoms with E-state index in [1.54, 1.807) is 30.3 Å². The fraction of sp³-hybridized carbons (Fsp3) is 0.167. The molecule has 0 aromatic heterocycles. The van der Waals surface area contributed by atoms with E-state index in [-0.39, 0.29) is 0 Å². The summed E-state index contributed by atoms with van der Waals surface area (Å²) in [6.45, 7) is 0.696. The van der Waals surface area contributed by atoms with E-state index >= 15 is 0 Å². The summed E-state index contributed by atoms with van der Waals surface area (Å²) in [6, 6.07) is 10.4. The van der Waals surface area contributed by atoms with Crippen molar-refractivity contribution in [1.82, 2.24) is 10.2 Å². The Hall–Kier alpha value is -3.09. The van der Waals surface area contributed by atoms with Crippen molar-refractivity contribution in [3.05, 3.63) is 71.3 Å². The number of nitrogens with zero attached hydrogens (tertiary/aromatic N) is 1. The molecule has 7 heteroatoms. The largest absolute Gasteiger partial charge is 0.325 e. The quantitative estimate of drug-likeness (QED) is 0.685. The van der Waals surface area contributed by atoms with Gasteiger partial charge in [0.15, 0.2) is 5.78 Å². The molecule has 1 saturated heterocycles. The smallest absolute Gasteiger partial charge is 0.319 e. The first-order chi connectivity index (χ1) is 11.8. The molecule has 3 amide bonds. The van der Waals surface area contributed by atoms with Gasteiger partial charge in [-0.1, -0.05) is 36.4 Å². The number of nitrogens with one attached hydrogen (secondary N) is 1. The normalized spacial score (nSPS) is 19.9. The van der Waals surface area contributed by atoms with E-state index in [2.05, 4.69) is 5.32 Å². The summed E-state index contributed by atoms with van der Waals surface area (Å²) < 4.78 is 28.1. The topological polar surface area (TPSA) is 66.5 Å². The molecule has 128 valence electrons. The lowest BCUT2D eigenvalue weighted by atomic mass is 9.91. The SMILES string of the molecule is CC1(c2c(F)cccc2F)NC(=O)N(CC(=O)c2ccccc2)C1=O. The third-order valence-corrected chi connectivity index (χ3v) is 4.14. The third kappa shape index (κ3) is 2.77. The molecule has 1 fully saturated rings. The van der Waals surface area contributed by atoms with Crippen molar-refractivity contribution < 1.29 is 23.2 Å². The number of carbonyl (C=O) groups is 3. The Kier molecular flexibility index (Phi) is 4.08. The number of carbonyl (C=O) groups excluding carboxylic acids is 3. The van der Waals surface area contributed by atoms with E-state index in [0.717, 1.165) is 18.2 Å². The minimum atomic E-state index is -1.91. The van der Waals surface area contributed by atoms with Crippen LogP contribution in [0.2, 0.25) is 0 Å². The van der Waals surface area contributed by atoms with Crippen molar-refractivity contribution in [3.63, 3.8) is 0 Å². The number of amides is 3. The number of Topliss-reactive ketones (excluding diaryl/α,β-unsaturated/α-hetero) is 1. The van der Waals surface area contributed by atoms with E-state index < -0.39 is 47.0 Å². The highest BCUT2D eigenvalue weighted by atomic mass is 19.1. The van der Waals surface area contributed by atoms with Gasteiger partial charge in [-0.25, -0.2) is 13.6 Å². The summed E-state index contributed by atoms with van der Waals surface area (Å²) in [6.07, 6.45) is 0. The lowest BCUT2D eigenvalue weighted by Crippen LogP contribution is -2.43. The van der Waals surface area contributed by atoms with Crippen molar-refractivity contribution in [2.24, 2.45) is 0 Å². The minimum absolute atomic E-state index is 0.328. The number of imide groups is 1. The first kappa shape index (κ1) is 16.8. The van der Waals surface area contributed by atoms with Crippen molar-refractivity contribution in [2.45, 2.75) is 12.5 Å². The van der Waals surface area contributed by atoms with Crippen LogP contribution in [-0.4, -0.2) is 29.2 Å². The van der Waals surface area contributed by atoms with Crippen LogP contribution < -0.4 is 5.32 Å². The van der Waals surface area contributed by atoms with E-state index in [9.17, 15) is 23.2 Å². The van der Waals surface area contributed by atoms with Gasteiger partial charge in [-0.15, -0.1) is 0 Å². The molecule has 1 aliphatic rings. The molecule has 1 atom stereocenters. The molecule has 0 spiro atoms. The van der Waals surface area contributed by atoms with Gasteiger partial charge in [0.25, 0.3) is 5.91 Å². The number of benzene rings is 2. The Labute approximate surface area is 142 Å². The molecule has 1 aliphatic heterocycles. The number of hydrogen-bond acceptors (Lipinski definition) is 3. The fourth-order valence-corrected chi connectivity index (χ4v) is 2.84. The highest BCUT2D eigenvalue weighted by molar-refractivity contribution is 6.11. The summed E-state index contributed by atoms with van der Waals surface area (Å²) in [5, 5.41) is 2.29. The van der Waals surface area contributed by atoms with Crippen LogP contribution in [0.4, 0.5) is 13.6 Å². The van der Waals surface area contributed by atoms with Gasteiger partial charge >= 0.3 is 6.03 Å². The zero-order valence-corrected chi connectivity index (χ0v) is 13.3. The number of rotatable bonds is 4. The molecule has 1 N–H and O–H groups in total. The lowest BCUT2D eigenvalue weighted by Gasteiger charge is -2.23. The summed E-state index contributed by atoms with van der Waals surface area (Å²) in [5.41, 5.74) is -2.14. The van der Waals surface area contributed by atoms with Crippen LogP contribution in [0.1, 0.15) is 22.8 Å². The van der Waals surface area contributed by atoms with Crippen molar-refractivity contribution >= 4 is 17.7 Å². The predicted octanol–water partition coefficient (Wildman–Crippen LogP) is 2.61. The van der Waals surface area contributed by atoms with Crippen LogP contribution in [0.3, 0.4) is 0 Å². The van der Waals surface area contributed by atoms with Gasteiger partial charge in [0, 0.05) is 5.56 Å². The average molecular weight is 344 g/mol. The molecule has 0 bridgehead atoms. The molecule has 3 rings (SSSR count). The highest BCUT2D eigenvalue weighted by Gasteiger charge is 2.52. The monoisotopic (exact) mass is 344 g/mol. The molecule has 0 saturated carbocycles. The van der Waals surface area contributed by atoms with Crippen LogP contribution in [-0.2, 0) is 10.3 Å². The zero-order chi connectivity index (χ0) is 18.2. The molecular formula is C18H14F2N2O3. The van der Waals surface area contributed by atoms with Crippen LogP contribution in [0.25, 0.3) is 0 Å². The zero-order valence-electron chi connectivity index (χ0n) is 13.3. The van der Waals surface area contributed by atoms with Gasteiger partial charge in [-0.05, 0) is 19.1 Å². The van der Waals surface area contributed by atoms with Gasteiger partial charge in [-0.3, -0.25) is 14.5 Å². The Morgan fingerprint density at radius 3 is 2.24 bits per heavy atom. The lowest BCUT2D eigenvalue weighted by molar-refractivity contribution is -0.130. The Balaban J connectivity index is 1.91. The van der Waals surface area contributed by atoms with Gasteiger partial charge in [0.2, 0.25) is 0 Å². The first-order valence-corrected chi connectivity index (χ1v) is 7.51. The maximum absolute atomic E-state index is 14.1. The van der Waals surface area contributed by atoms with E-state index in [4.69, 9.17) is 0 Å². The third-order valence-electron chi connectivity index (χ3n) is 4.14. The van der Waals surface area contributed by atoms with E-state index in [1.807, 2.05) is 0 Å². The molecule has 2 aromatic carbocycles. The summed E-state index contributed by atoms with van der Waals surface area (Å²) in [4.78, 5) is 37.7. The van der Waals surface area contributed by atoms with Crippen LogP contribution in [0.15, 0.2) is 48.5 Å². The number of hydrogen-bond donors (Lipinski definition) is 1. The molecule has 2 aromatic rings. The van der Waals surface area contributed by atoms with Crippen LogP contribution in [0, 0.1) is 11.6 Å². The maximum atomic E-state index is 14.1. The van der Waals surface area contributed by atoms with E-state index in [1.165, 1.54) is 6.92 Å². The minimum Gasteiger partial charge on any atom is -0.319 e. The van der Waals surface area contributed by atoms with Crippen molar-refractivity contribution in [3.8, 4) is 0 Å². The second kappa shape index (κ2) is 6.08. The molecule has 0 aliphatic carbocycles. The summed E-state index contributed by atoms with van der Waals surface area (Å²) in [7, 11) is 0.